The van der Waals surface area contributed by atoms with Gasteiger partial charge in [-0.05, 0) is 43.7 Å². The van der Waals surface area contributed by atoms with E-state index in [0.29, 0.717) is 12.2 Å². The molecule has 3 aromatic rings. The van der Waals surface area contributed by atoms with Gasteiger partial charge >= 0.3 is 0 Å². The van der Waals surface area contributed by atoms with E-state index in [1.807, 2.05) is 6.92 Å². The second-order valence-corrected chi connectivity index (χ2v) is 7.28. The van der Waals surface area contributed by atoms with Crippen LogP contribution in [0.4, 0.5) is 10.1 Å². The van der Waals surface area contributed by atoms with Crippen molar-refractivity contribution in [2.24, 2.45) is 0 Å². The Morgan fingerprint density at radius 1 is 1.27 bits per heavy atom. The number of fused-ring (bicyclic) bond motifs is 1. The fraction of sp³-hybridized carbons (Fsp3) is 0.300. The third-order valence-corrected chi connectivity index (χ3v) is 4.91. The molecule has 0 aliphatic heterocycles. The molecule has 0 radical (unpaired) electrons. The SMILES string of the molecule is CCCCCOc1cccc(NC(=O)c2ccc3nc(C)sc3c2)c1F. The molecular weight excluding hydrogens is 351 g/mol. The van der Waals surface area contributed by atoms with E-state index in [0.717, 1.165) is 34.5 Å². The van der Waals surface area contributed by atoms with Crippen LogP contribution in [0.25, 0.3) is 10.2 Å². The number of thiazole rings is 1. The van der Waals surface area contributed by atoms with Crippen LogP contribution in [0.3, 0.4) is 0 Å². The summed E-state index contributed by atoms with van der Waals surface area (Å²) < 4.78 is 21.0. The van der Waals surface area contributed by atoms with Crippen molar-refractivity contribution in [3.8, 4) is 5.75 Å². The second kappa shape index (κ2) is 8.27. The van der Waals surface area contributed by atoms with E-state index in [1.165, 1.54) is 17.4 Å². The monoisotopic (exact) mass is 372 g/mol. The highest BCUT2D eigenvalue weighted by atomic mass is 32.1. The number of ether oxygens (including phenoxy) is 1. The van der Waals surface area contributed by atoms with E-state index >= 15 is 0 Å². The Labute approximate surface area is 156 Å². The van der Waals surface area contributed by atoms with Crippen molar-refractivity contribution >= 4 is 33.1 Å². The third kappa shape index (κ3) is 4.19. The molecule has 2 aromatic carbocycles. The highest BCUT2D eigenvalue weighted by Gasteiger charge is 2.14. The average Bonchev–Trinajstić information content (AvgIpc) is 3.00. The number of unbranched alkanes of at least 4 members (excludes halogenated alkanes) is 2. The van der Waals surface area contributed by atoms with Crippen LogP contribution in [0, 0.1) is 12.7 Å². The highest BCUT2D eigenvalue weighted by molar-refractivity contribution is 7.18. The minimum absolute atomic E-state index is 0.114. The number of aryl methyl sites for hydroxylation is 1. The molecule has 0 saturated heterocycles. The molecule has 26 heavy (non-hydrogen) atoms. The summed E-state index contributed by atoms with van der Waals surface area (Å²) in [6.07, 6.45) is 2.99. The zero-order valence-corrected chi connectivity index (χ0v) is 15.7. The largest absolute Gasteiger partial charge is 0.490 e. The van der Waals surface area contributed by atoms with Crippen LogP contribution in [0.2, 0.25) is 0 Å². The van der Waals surface area contributed by atoms with Gasteiger partial charge in [-0.2, -0.15) is 0 Å². The van der Waals surface area contributed by atoms with Gasteiger partial charge in [-0.25, -0.2) is 9.37 Å². The smallest absolute Gasteiger partial charge is 0.255 e. The predicted octanol–water partition coefficient (Wildman–Crippen LogP) is 5.57. The Morgan fingerprint density at radius 2 is 2.12 bits per heavy atom. The number of halogens is 1. The molecule has 1 N–H and O–H groups in total. The van der Waals surface area contributed by atoms with Crippen molar-refractivity contribution in [2.45, 2.75) is 33.1 Å². The molecule has 3 rings (SSSR count). The summed E-state index contributed by atoms with van der Waals surface area (Å²) >= 11 is 1.52. The number of hydrogen-bond acceptors (Lipinski definition) is 4. The summed E-state index contributed by atoms with van der Waals surface area (Å²) in [6.45, 7) is 4.48. The number of amides is 1. The number of nitrogens with zero attached hydrogens (tertiary/aromatic N) is 1. The van der Waals surface area contributed by atoms with Gasteiger partial charge in [-0.3, -0.25) is 4.79 Å². The molecule has 0 fully saturated rings. The molecule has 1 aromatic heterocycles. The quantitative estimate of drug-likeness (QED) is 0.552. The molecule has 0 atom stereocenters. The van der Waals surface area contributed by atoms with Gasteiger partial charge in [0.15, 0.2) is 11.6 Å². The van der Waals surface area contributed by atoms with Gasteiger partial charge in [-0.15, -0.1) is 11.3 Å². The first-order chi connectivity index (χ1) is 12.6. The van der Waals surface area contributed by atoms with Crippen molar-refractivity contribution in [3.63, 3.8) is 0 Å². The first-order valence-corrected chi connectivity index (χ1v) is 9.50. The number of benzene rings is 2. The fourth-order valence-corrected chi connectivity index (χ4v) is 3.49. The normalized spacial score (nSPS) is 10.9. The first-order valence-electron chi connectivity index (χ1n) is 8.68. The summed E-state index contributed by atoms with van der Waals surface area (Å²) in [5.74, 6) is -0.750. The number of aromatic nitrogens is 1. The zero-order chi connectivity index (χ0) is 18.5. The molecule has 0 aliphatic carbocycles. The van der Waals surface area contributed by atoms with E-state index in [-0.39, 0.29) is 17.3 Å². The molecule has 0 bridgehead atoms. The number of carbonyl (C=O) groups excluding carboxylic acids is 1. The molecule has 0 spiro atoms. The molecule has 0 aliphatic rings. The average molecular weight is 372 g/mol. The van der Waals surface area contributed by atoms with E-state index in [2.05, 4.69) is 17.2 Å². The Bertz CT molecular complexity index is 923. The third-order valence-electron chi connectivity index (χ3n) is 3.97. The Hall–Kier alpha value is -2.47. The lowest BCUT2D eigenvalue weighted by molar-refractivity contribution is 0.102. The van der Waals surface area contributed by atoms with Gasteiger partial charge in [0.1, 0.15) is 0 Å². The summed E-state index contributed by atoms with van der Waals surface area (Å²) in [4.78, 5) is 16.9. The molecule has 0 saturated carbocycles. The van der Waals surface area contributed by atoms with Crippen LogP contribution in [0.5, 0.6) is 5.75 Å². The predicted molar refractivity (Wildman–Crippen MR) is 104 cm³/mol. The van der Waals surface area contributed by atoms with Crippen LogP contribution in [-0.2, 0) is 0 Å². The Balaban J connectivity index is 1.73. The number of hydrogen-bond donors (Lipinski definition) is 1. The fourth-order valence-electron chi connectivity index (χ4n) is 2.63. The number of rotatable bonds is 7. The minimum atomic E-state index is -0.549. The minimum Gasteiger partial charge on any atom is -0.490 e. The molecule has 6 heteroatoms. The van der Waals surface area contributed by atoms with Crippen molar-refractivity contribution < 1.29 is 13.9 Å². The Morgan fingerprint density at radius 3 is 2.92 bits per heavy atom. The van der Waals surface area contributed by atoms with Crippen LogP contribution in [0.1, 0.15) is 41.6 Å². The summed E-state index contributed by atoms with van der Waals surface area (Å²) in [5, 5.41) is 3.57. The summed E-state index contributed by atoms with van der Waals surface area (Å²) in [6, 6.07) is 10.0. The molecule has 1 heterocycles. The lowest BCUT2D eigenvalue weighted by Gasteiger charge is -2.11. The maximum atomic E-state index is 14.6. The number of nitrogens with one attached hydrogen (secondary N) is 1. The topological polar surface area (TPSA) is 51.2 Å². The van der Waals surface area contributed by atoms with Gasteiger partial charge < -0.3 is 10.1 Å². The molecule has 136 valence electrons. The van der Waals surface area contributed by atoms with Gasteiger partial charge in [0, 0.05) is 5.56 Å². The lowest BCUT2D eigenvalue weighted by Crippen LogP contribution is -2.13. The molecule has 0 unspecified atom stereocenters. The second-order valence-electron chi connectivity index (χ2n) is 6.04. The van der Waals surface area contributed by atoms with Gasteiger partial charge in [-0.1, -0.05) is 25.8 Å². The molecule has 1 amide bonds. The standard InChI is InChI=1S/C20H21FN2O2S/c1-3-4-5-11-25-17-8-6-7-16(19(17)21)23-20(24)14-9-10-15-18(12-14)26-13(2)22-15/h6-10,12H,3-5,11H2,1-2H3,(H,23,24). The zero-order valence-electron chi connectivity index (χ0n) is 14.8. The summed E-state index contributed by atoms with van der Waals surface area (Å²) in [5.41, 5.74) is 1.44. The van der Waals surface area contributed by atoms with Gasteiger partial charge in [0.05, 0.1) is 27.5 Å². The lowest BCUT2D eigenvalue weighted by atomic mass is 10.2. The number of anilines is 1. The van der Waals surface area contributed by atoms with Crippen LogP contribution in [0.15, 0.2) is 36.4 Å². The van der Waals surface area contributed by atoms with Crippen molar-refractivity contribution in [3.05, 3.63) is 52.8 Å². The summed E-state index contributed by atoms with van der Waals surface area (Å²) in [7, 11) is 0. The maximum absolute atomic E-state index is 14.6. The van der Waals surface area contributed by atoms with Crippen LogP contribution in [-0.4, -0.2) is 17.5 Å². The van der Waals surface area contributed by atoms with Crippen LogP contribution < -0.4 is 10.1 Å². The first kappa shape index (κ1) is 18.3. The molecule has 4 nitrogen and oxygen atoms in total. The van der Waals surface area contributed by atoms with Gasteiger partial charge in [0.2, 0.25) is 0 Å². The van der Waals surface area contributed by atoms with E-state index in [1.54, 1.807) is 30.3 Å². The van der Waals surface area contributed by atoms with E-state index in [4.69, 9.17) is 4.74 Å². The Kier molecular flexibility index (Phi) is 5.83. The molecular formula is C20H21FN2O2S. The van der Waals surface area contributed by atoms with E-state index in [9.17, 15) is 9.18 Å². The highest BCUT2D eigenvalue weighted by Crippen LogP contribution is 2.26. The van der Waals surface area contributed by atoms with Crippen molar-refractivity contribution in [1.29, 1.82) is 0 Å². The number of carbonyl (C=O) groups is 1. The van der Waals surface area contributed by atoms with Gasteiger partial charge in [0.25, 0.3) is 5.91 Å². The maximum Gasteiger partial charge on any atom is 0.255 e. The van der Waals surface area contributed by atoms with Crippen molar-refractivity contribution in [1.82, 2.24) is 4.98 Å². The van der Waals surface area contributed by atoms with Crippen LogP contribution >= 0.6 is 11.3 Å². The van der Waals surface area contributed by atoms with Crippen molar-refractivity contribution in [2.75, 3.05) is 11.9 Å². The van der Waals surface area contributed by atoms with E-state index < -0.39 is 5.82 Å².